The van der Waals surface area contributed by atoms with E-state index in [-0.39, 0.29) is 16.6 Å². The van der Waals surface area contributed by atoms with Crippen molar-refractivity contribution in [3.05, 3.63) is 94.7 Å². The minimum absolute atomic E-state index is 0.0792. The van der Waals surface area contributed by atoms with E-state index in [9.17, 15) is 19.8 Å². The van der Waals surface area contributed by atoms with Crippen molar-refractivity contribution >= 4 is 11.8 Å². The molecule has 0 unspecified atom stereocenters. The van der Waals surface area contributed by atoms with E-state index < -0.39 is 41.6 Å². The Morgan fingerprint density at radius 1 is 0.837 bits per heavy atom. The van der Waals surface area contributed by atoms with Gasteiger partial charge < -0.3 is 24.8 Å². The number of aliphatic hydroxyl groups excluding tert-OH is 2. The second kappa shape index (κ2) is 15.8. The van der Waals surface area contributed by atoms with Crippen LogP contribution in [0.1, 0.15) is 108 Å². The van der Waals surface area contributed by atoms with Crippen molar-refractivity contribution in [2.24, 2.45) is 10.8 Å². The summed E-state index contributed by atoms with van der Waals surface area (Å²) >= 11 is 0. The lowest BCUT2D eigenvalue weighted by atomic mass is 9.61. The molecule has 2 saturated carbocycles. The van der Waals surface area contributed by atoms with Gasteiger partial charge in [-0.3, -0.25) is 4.79 Å². The lowest BCUT2D eigenvalue weighted by Gasteiger charge is -2.46. The van der Waals surface area contributed by atoms with E-state index in [1.54, 1.807) is 6.92 Å². The number of fused-ring (bicyclic) bond motifs is 1. The molecule has 3 fully saturated rings. The topological polar surface area (TPSA) is 117 Å². The fourth-order valence-corrected chi connectivity index (χ4v) is 8.02. The maximum absolute atomic E-state index is 13.1. The fraction of sp³-hybridized carbons (Fsp3) is 0.571. The standard InChI is InChI=1S/C42H60O7/c1-29(17-13-18-31(3)21-22-36-38(5,6)25-34(26-40(36,9)47)48-37(46)28-43)15-11-12-16-30(2)19-14-20-32(4)35(45)27-42-39(7,8)23-33(44)24-41(42,10)49-42/h11-20,22,33-34,43-44,47H,21,23-28H2,1-10H3/b12-11+,17-13+,19-14+,29-15+,30-16+,31-18+,32-20+,36-22?/t33-,34-,40+,41+,42-/m0/s1. The van der Waals surface area contributed by atoms with Crippen molar-refractivity contribution in [1.29, 1.82) is 0 Å². The van der Waals surface area contributed by atoms with Crippen LogP contribution in [-0.4, -0.2) is 62.7 Å². The number of aliphatic hydroxyl groups is 3. The van der Waals surface area contributed by atoms with Gasteiger partial charge in [0.15, 0.2) is 5.78 Å². The van der Waals surface area contributed by atoms with E-state index in [1.807, 2.05) is 96.2 Å². The van der Waals surface area contributed by atoms with Crippen molar-refractivity contribution in [1.82, 2.24) is 0 Å². The number of allylic oxidation sites excluding steroid dienone is 15. The van der Waals surface area contributed by atoms with Crippen LogP contribution < -0.4 is 0 Å². The molecule has 0 aromatic rings. The Hall–Kier alpha value is -3.10. The third-order valence-electron chi connectivity index (χ3n) is 10.5. The molecule has 7 nitrogen and oxygen atoms in total. The third-order valence-corrected chi connectivity index (χ3v) is 10.5. The van der Waals surface area contributed by atoms with Crippen molar-refractivity contribution in [2.75, 3.05) is 6.61 Å². The Morgan fingerprint density at radius 2 is 1.43 bits per heavy atom. The molecule has 49 heavy (non-hydrogen) atoms. The zero-order valence-electron chi connectivity index (χ0n) is 31.4. The van der Waals surface area contributed by atoms with Crippen LogP contribution >= 0.6 is 0 Å². The predicted molar refractivity (Wildman–Crippen MR) is 197 cm³/mol. The van der Waals surface area contributed by atoms with E-state index in [4.69, 9.17) is 14.6 Å². The Bertz CT molecular complexity index is 1470. The van der Waals surface area contributed by atoms with Gasteiger partial charge in [0.25, 0.3) is 0 Å². The first-order chi connectivity index (χ1) is 22.7. The number of ketones is 1. The third kappa shape index (κ3) is 10.2. The molecule has 0 amide bonds. The molecule has 1 aliphatic heterocycles. The number of rotatable bonds is 13. The lowest BCUT2D eigenvalue weighted by molar-refractivity contribution is -0.158. The molecule has 1 heterocycles. The van der Waals surface area contributed by atoms with Gasteiger partial charge in [0, 0.05) is 19.3 Å². The molecule has 0 bridgehead atoms. The second-order valence-corrected chi connectivity index (χ2v) is 16.2. The summed E-state index contributed by atoms with van der Waals surface area (Å²) in [6, 6.07) is 0. The Balaban J connectivity index is 1.50. The molecule has 270 valence electrons. The van der Waals surface area contributed by atoms with Crippen molar-refractivity contribution in [2.45, 2.75) is 137 Å². The number of carbonyl (C=O) groups is 2. The van der Waals surface area contributed by atoms with Crippen molar-refractivity contribution in [3.8, 4) is 0 Å². The second-order valence-electron chi connectivity index (χ2n) is 16.2. The van der Waals surface area contributed by atoms with Crippen LogP contribution in [0.4, 0.5) is 0 Å². The number of hydrogen-bond acceptors (Lipinski definition) is 7. The highest BCUT2D eigenvalue weighted by molar-refractivity contribution is 5.96. The lowest BCUT2D eigenvalue weighted by Crippen LogP contribution is -2.48. The van der Waals surface area contributed by atoms with Gasteiger partial charge in [0.1, 0.15) is 18.3 Å². The normalized spacial score (nSPS) is 33.0. The van der Waals surface area contributed by atoms with Crippen LogP contribution in [-0.2, 0) is 19.1 Å². The maximum Gasteiger partial charge on any atom is 0.332 e. The highest BCUT2D eigenvalue weighted by atomic mass is 16.6. The zero-order chi connectivity index (χ0) is 36.8. The molecule has 1 saturated heterocycles. The summed E-state index contributed by atoms with van der Waals surface area (Å²) in [5.41, 5.74) is 2.28. The average molecular weight is 677 g/mol. The van der Waals surface area contributed by atoms with Gasteiger partial charge in [-0.2, -0.15) is 0 Å². The number of ether oxygens (including phenoxy) is 2. The number of carbonyl (C=O) groups excluding carboxylic acids is 2. The number of hydrogen-bond donors (Lipinski definition) is 3. The molecule has 0 aromatic carbocycles. The molecule has 0 spiro atoms. The summed E-state index contributed by atoms with van der Waals surface area (Å²) in [6.45, 7) is 19.4. The number of epoxide rings is 1. The molecule has 0 radical (unpaired) electrons. The largest absolute Gasteiger partial charge is 0.461 e. The number of Topliss-reactive ketones (excluding diaryl/α,β-unsaturated/α-hetero) is 1. The zero-order valence-corrected chi connectivity index (χ0v) is 31.4. The summed E-state index contributed by atoms with van der Waals surface area (Å²) in [6.07, 6.45) is 24.3. The molecule has 3 rings (SSSR count). The Morgan fingerprint density at radius 3 is 1.98 bits per heavy atom. The average Bonchev–Trinajstić information content (AvgIpc) is 3.58. The van der Waals surface area contributed by atoms with Crippen LogP contribution in [0.2, 0.25) is 0 Å². The molecular formula is C42H60O7. The van der Waals surface area contributed by atoms with Crippen molar-refractivity contribution < 1.29 is 34.4 Å². The Kier molecular flexibility index (Phi) is 13.0. The molecular weight excluding hydrogens is 616 g/mol. The summed E-state index contributed by atoms with van der Waals surface area (Å²) in [7, 11) is 0. The van der Waals surface area contributed by atoms with E-state index in [0.29, 0.717) is 44.1 Å². The number of esters is 1. The summed E-state index contributed by atoms with van der Waals surface area (Å²) in [5, 5.41) is 30.5. The smallest absolute Gasteiger partial charge is 0.332 e. The highest BCUT2D eigenvalue weighted by Gasteiger charge is 2.76. The van der Waals surface area contributed by atoms with Gasteiger partial charge in [-0.15, -0.1) is 0 Å². The maximum atomic E-state index is 13.1. The molecule has 3 aliphatic rings. The van der Waals surface area contributed by atoms with Crippen LogP contribution in [0, 0.1) is 10.8 Å². The van der Waals surface area contributed by atoms with E-state index in [0.717, 1.165) is 22.3 Å². The minimum atomic E-state index is -1.10. The first kappa shape index (κ1) is 40.3. The van der Waals surface area contributed by atoms with Gasteiger partial charge in [-0.05, 0) is 82.8 Å². The quantitative estimate of drug-likeness (QED) is 0.0597. The summed E-state index contributed by atoms with van der Waals surface area (Å²) in [4.78, 5) is 24.7. The molecule has 2 aliphatic carbocycles. The highest BCUT2D eigenvalue weighted by Crippen LogP contribution is 2.67. The van der Waals surface area contributed by atoms with Gasteiger partial charge in [-0.1, -0.05) is 111 Å². The molecule has 5 atom stereocenters. The SMILES string of the molecule is CC(/C=C/C=C(\C)CC=C1C(C)(C)C[C@H](OC(=O)CO)C[C@@]1(C)O)=C\C=C\C=C(C)\C=C\C=C(/C)C(=O)C[C@@]12O[C@]1(C)C[C@@H](O)CC2(C)C. The van der Waals surface area contributed by atoms with E-state index >= 15 is 0 Å². The summed E-state index contributed by atoms with van der Waals surface area (Å²) in [5.74, 6) is -0.585. The fourth-order valence-electron chi connectivity index (χ4n) is 8.02. The summed E-state index contributed by atoms with van der Waals surface area (Å²) < 4.78 is 11.5. The molecule has 7 heteroatoms. The van der Waals surface area contributed by atoms with Crippen LogP contribution in [0.25, 0.3) is 0 Å². The van der Waals surface area contributed by atoms with Crippen LogP contribution in [0.15, 0.2) is 94.7 Å². The Labute approximate surface area is 294 Å². The van der Waals surface area contributed by atoms with Crippen LogP contribution in [0.3, 0.4) is 0 Å². The monoisotopic (exact) mass is 676 g/mol. The first-order valence-electron chi connectivity index (χ1n) is 17.5. The first-order valence-corrected chi connectivity index (χ1v) is 17.5. The van der Waals surface area contributed by atoms with E-state index in [2.05, 4.69) is 32.9 Å². The molecule has 0 aromatic heterocycles. The van der Waals surface area contributed by atoms with Crippen LogP contribution in [0.5, 0.6) is 0 Å². The van der Waals surface area contributed by atoms with Gasteiger partial charge >= 0.3 is 5.97 Å². The molecule has 3 N–H and O–H groups in total. The minimum Gasteiger partial charge on any atom is -0.461 e. The van der Waals surface area contributed by atoms with Gasteiger partial charge in [0.05, 0.1) is 17.3 Å². The van der Waals surface area contributed by atoms with E-state index in [1.165, 1.54) is 0 Å². The van der Waals surface area contributed by atoms with Crippen molar-refractivity contribution in [3.63, 3.8) is 0 Å². The van der Waals surface area contributed by atoms with Gasteiger partial charge in [0.2, 0.25) is 0 Å². The van der Waals surface area contributed by atoms with Gasteiger partial charge in [-0.25, -0.2) is 4.79 Å². The predicted octanol–water partition coefficient (Wildman–Crippen LogP) is 7.90.